The molecule has 13 rings (SSSR count). The Morgan fingerprint density at radius 1 is 0.500 bits per heavy atom. The van der Waals surface area contributed by atoms with Gasteiger partial charge < -0.3 is 0 Å². The van der Waals surface area contributed by atoms with Crippen LogP contribution < -0.4 is 15.9 Å². The van der Waals surface area contributed by atoms with Crippen LogP contribution in [0.25, 0.3) is 27.0 Å². The van der Waals surface area contributed by atoms with Crippen LogP contribution in [0.3, 0.4) is 0 Å². The van der Waals surface area contributed by atoms with Crippen molar-refractivity contribution < 1.29 is 22.7 Å². The fourth-order valence-corrected chi connectivity index (χ4v) is 21.2. The Bertz CT molecular complexity index is 4140. The van der Waals surface area contributed by atoms with Crippen LogP contribution in [0.2, 0.25) is 0 Å². The van der Waals surface area contributed by atoms with Crippen molar-refractivity contribution in [1.29, 1.82) is 0 Å². The molecule has 2 aliphatic carbocycles. The van der Waals surface area contributed by atoms with Gasteiger partial charge in [0, 0.05) is 9.75 Å². The van der Waals surface area contributed by atoms with Crippen molar-refractivity contribution >= 4 is 51.9 Å². The fraction of sp³-hybridized carbons (Fsp3) is 0.130. The van der Waals surface area contributed by atoms with E-state index in [9.17, 15) is 0 Å². The zero-order valence-corrected chi connectivity index (χ0v) is 52.0. The number of hydrogen-bond donors (Lipinski definition) is 0. The average molecular weight is 1290 g/mol. The molecule has 1 nitrogen and oxygen atoms in total. The van der Waals surface area contributed by atoms with Crippen molar-refractivity contribution in [3.63, 3.8) is 0 Å². The molecule has 0 atom stereocenters. The van der Waals surface area contributed by atoms with E-state index in [0.29, 0.717) is 13.2 Å². The molecule has 3 aliphatic rings. The molecule has 5 heteroatoms. The summed E-state index contributed by atoms with van der Waals surface area (Å²) in [6.07, 6.45) is 8.97. The van der Waals surface area contributed by atoms with E-state index in [0.717, 1.165) is 21.3 Å². The van der Waals surface area contributed by atoms with Gasteiger partial charge in [-0.2, -0.15) is 0 Å². The second kappa shape index (κ2) is 22.0. The van der Waals surface area contributed by atoms with Crippen molar-refractivity contribution in [2.45, 2.75) is 52.4 Å². The molecule has 0 N–H and O–H groups in total. The summed E-state index contributed by atoms with van der Waals surface area (Å²) >= 11 is 5.56. The van der Waals surface area contributed by atoms with Crippen molar-refractivity contribution in [3.8, 4) is 37.1 Å². The SMILES string of the molecule is CC=C1COCC1=CC(C#Cc1cc2c(s1)-c1cc3c(cc1C2(c1ccc(C)cc1)c1ccc(C)cc1)-c1sc(/C=C/C)cc1C3(c1ccc(C)cc1)c1ccc(C)cc1)=C([C]#[Os])[P+](c1ccccc1)(c1ccccc1)c1ccccc1. The van der Waals surface area contributed by atoms with Crippen LogP contribution in [0.15, 0.2) is 253 Å². The summed E-state index contributed by atoms with van der Waals surface area (Å²) in [4.78, 5) is 4.87. The Hall–Kier alpha value is -7.51. The van der Waals surface area contributed by atoms with Crippen LogP contribution in [-0.2, 0) is 33.5 Å². The molecule has 82 heavy (non-hydrogen) atoms. The monoisotopic (exact) mass is 1290 g/mol. The molecule has 1 aliphatic heterocycles. The zero-order valence-electron chi connectivity index (χ0n) is 47.0. The summed E-state index contributed by atoms with van der Waals surface area (Å²) in [5.74, 6) is 7.94. The van der Waals surface area contributed by atoms with Gasteiger partial charge in [-0.25, -0.2) is 0 Å². The molecule has 0 amide bonds. The Balaban J connectivity index is 1.13. The van der Waals surface area contributed by atoms with E-state index in [-0.39, 0.29) is 0 Å². The van der Waals surface area contributed by atoms with E-state index >= 15 is 0 Å². The number of hydrogen-bond acceptors (Lipinski definition) is 3. The van der Waals surface area contributed by atoms with E-state index < -0.39 is 18.1 Å². The van der Waals surface area contributed by atoms with E-state index in [4.69, 9.17) is 4.74 Å². The van der Waals surface area contributed by atoms with Gasteiger partial charge >= 0.3 is 345 Å². The summed E-state index contributed by atoms with van der Waals surface area (Å²) in [5, 5.41) is 4.89. The zero-order chi connectivity index (χ0) is 56.2. The minimum atomic E-state index is -2.61. The van der Waals surface area contributed by atoms with Crippen LogP contribution in [0.4, 0.5) is 0 Å². The number of rotatable bonds is 10. The van der Waals surface area contributed by atoms with Crippen LogP contribution in [0, 0.1) is 43.9 Å². The normalized spacial score (nSPS) is 15.8. The molecule has 0 bridgehead atoms. The first-order valence-electron chi connectivity index (χ1n) is 28.1. The molecule has 1 fully saturated rings. The number of benzene rings is 8. The van der Waals surface area contributed by atoms with Gasteiger partial charge in [0.2, 0.25) is 0 Å². The first-order valence-corrected chi connectivity index (χ1v) is 32.8. The molecular weight excluding hydrogens is 1230 g/mol. The minimum absolute atomic E-state index is 0.525. The Kier molecular flexibility index (Phi) is 14.4. The van der Waals surface area contributed by atoms with Crippen LogP contribution in [-0.4, -0.2) is 13.2 Å². The third kappa shape index (κ3) is 8.69. The second-order valence-electron chi connectivity index (χ2n) is 21.9. The number of aryl methyl sites for hydroxylation is 4. The quantitative estimate of drug-likeness (QED) is 0.0979. The molecule has 1 saturated heterocycles. The third-order valence-corrected chi connectivity index (χ3v) is 24.6. The van der Waals surface area contributed by atoms with E-state index in [1.807, 2.05) is 40.6 Å². The molecule has 2 aromatic heterocycles. The standard InChI is InChI=1S/C77H61OPS2.Os/c1-8-19-66-45-72-74(80-66)68-47-71-69(48-70(68)76(72,59-35-26-51(3)27-36-59)60-37-28-52(4)29-38-60)75-73(77(71,61-39-30-53(5)31-40-61)62-41-32-54(6)33-42-62)46-67(81-75)43-34-57(44-58-50-78-49-56(58)9-2)55(7)79(63-20-13-10-14-21-63,64-22-15-11-16-23-64)65-24-17-12-18-25-65;/h8-33,35-42,44-48H,49-50H2,1-6H3;/q+1;/b19-8+,56-9?,57-55?,58-44?;. The summed E-state index contributed by atoms with van der Waals surface area (Å²) in [5.41, 5.74) is 19.9. The number of fused-ring (bicyclic) bond motifs is 6. The predicted octanol–water partition coefficient (Wildman–Crippen LogP) is 17.8. The van der Waals surface area contributed by atoms with Gasteiger partial charge in [0.25, 0.3) is 0 Å². The number of thiophene rings is 2. The van der Waals surface area contributed by atoms with Crippen molar-refractivity contribution in [1.82, 2.24) is 0 Å². The molecule has 0 unspecified atom stereocenters. The first kappa shape index (κ1) is 53.8. The maximum atomic E-state index is 6.20. The molecule has 8 aromatic carbocycles. The Labute approximate surface area is 502 Å². The topological polar surface area (TPSA) is 9.23 Å². The van der Waals surface area contributed by atoms with Crippen molar-refractivity contribution in [2.75, 3.05) is 13.2 Å². The first-order chi connectivity index (χ1) is 40.1. The second-order valence-corrected chi connectivity index (χ2v) is 28.0. The van der Waals surface area contributed by atoms with E-state index in [1.54, 1.807) is 0 Å². The van der Waals surface area contributed by atoms with Gasteiger partial charge in [0.05, 0.1) is 0 Å². The molecule has 3 heterocycles. The van der Waals surface area contributed by atoms with Crippen molar-refractivity contribution in [2.24, 2.45) is 0 Å². The van der Waals surface area contributed by atoms with Gasteiger partial charge in [-0.05, 0) is 63.5 Å². The van der Waals surface area contributed by atoms with Crippen LogP contribution >= 0.6 is 29.9 Å². The maximum absolute atomic E-state index is 6.20. The number of allylic oxidation sites excluding steroid dienone is 5. The van der Waals surface area contributed by atoms with Gasteiger partial charge in [-0.3, -0.25) is 0 Å². The molecule has 10 aromatic rings. The summed E-state index contributed by atoms with van der Waals surface area (Å²) in [6, 6.07) is 80.8. The van der Waals surface area contributed by atoms with E-state index in [2.05, 4.69) is 294 Å². The molecule has 399 valence electrons. The molecule has 0 saturated carbocycles. The predicted molar refractivity (Wildman–Crippen MR) is 346 cm³/mol. The summed E-state index contributed by atoms with van der Waals surface area (Å²) < 4.78 is 10.1. The van der Waals surface area contributed by atoms with Gasteiger partial charge in [0.1, 0.15) is 0 Å². The fourth-order valence-electron chi connectivity index (χ4n) is 13.1. The summed E-state index contributed by atoms with van der Waals surface area (Å²) in [7, 11) is -2.61. The average Bonchev–Trinajstić information content (AvgIpc) is 2.96. The van der Waals surface area contributed by atoms with Gasteiger partial charge in [0.15, 0.2) is 0 Å². The molecular formula is C77H61OOsPS2+. The Morgan fingerprint density at radius 2 is 0.915 bits per heavy atom. The van der Waals surface area contributed by atoms with Crippen molar-refractivity contribution in [3.05, 3.63) is 329 Å². The van der Waals surface area contributed by atoms with Crippen LogP contribution in [0.1, 0.15) is 90.4 Å². The van der Waals surface area contributed by atoms with E-state index in [1.165, 1.54) is 114 Å². The Morgan fingerprint density at radius 3 is 1.33 bits per heavy atom. The summed E-state index contributed by atoms with van der Waals surface area (Å²) in [6.45, 7) is 14.1. The van der Waals surface area contributed by atoms with Crippen LogP contribution in [0.5, 0.6) is 0 Å². The number of ether oxygens (including phenoxy) is 1. The molecule has 0 radical (unpaired) electrons. The molecule has 0 spiro atoms. The van der Waals surface area contributed by atoms with Gasteiger partial charge in [-0.15, -0.1) is 11.3 Å². The third-order valence-electron chi connectivity index (χ3n) is 17.0. The van der Waals surface area contributed by atoms with Gasteiger partial charge in [-0.1, -0.05) is 76.9 Å².